The molecule has 0 bridgehead atoms. The Bertz CT molecular complexity index is 896. The van der Waals surface area contributed by atoms with Gasteiger partial charge in [0, 0.05) is 35.3 Å². The minimum Gasteiger partial charge on any atom is -0.396 e. The smallest absolute Gasteiger partial charge is 0.251 e. The third-order valence-electron chi connectivity index (χ3n) is 4.45. The maximum absolute atomic E-state index is 12.2. The van der Waals surface area contributed by atoms with E-state index in [1.807, 2.05) is 30.3 Å². The second-order valence-electron chi connectivity index (χ2n) is 5.89. The Balaban J connectivity index is 1.94. The molecule has 116 valence electrons. The molecule has 0 fully saturated rings. The molecule has 0 aliphatic carbocycles. The molecule has 1 aromatic heterocycles. The molecule has 0 unspecified atom stereocenters. The van der Waals surface area contributed by atoms with Crippen molar-refractivity contribution in [3.63, 3.8) is 0 Å². The predicted octanol–water partition coefficient (Wildman–Crippen LogP) is 2.66. The van der Waals surface area contributed by atoms with Gasteiger partial charge in [-0.25, -0.2) is 0 Å². The highest BCUT2D eigenvalue weighted by Crippen LogP contribution is 2.34. The first-order valence-electron chi connectivity index (χ1n) is 7.90. The van der Waals surface area contributed by atoms with E-state index in [0.29, 0.717) is 13.0 Å². The molecule has 3 N–H and O–H groups in total. The lowest BCUT2D eigenvalue weighted by Gasteiger charge is -2.06. The number of aromatic nitrogens is 1. The van der Waals surface area contributed by atoms with Crippen LogP contribution in [0.3, 0.4) is 0 Å². The normalized spacial score (nSPS) is 13.9. The first-order valence-corrected chi connectivity index (χ1v) is 7.90. The number of benzene rings is 2. The number of aromatic amines is 1. The molecular weight excluding hydrogens is 288 g/mol. The topological polar surface area (TPSA) is 65.1 Å². The standard InChI is InChI=1S/C19H18N2O2/c22-10-8-12-3-1-4-13(11-12)18-14-7-9-20-19(23)15-5-2-6-16(21-18)17(14)15/h1-6,11,21-22H,7-10H2,(H,20,23). The van der Waals surface area contributed by atoms with E-state index < -0.39 is 0 Å². The Morgan fingerprint density at radius 1 is 1.13 bits per heavy atom. The predicted molar refractivity (Wildman–Crippen MR) is 90.6 cm³/mol. The quantitative estimate of drug-likeness (QED) is 0.696. The summed E-state index contributed by atoms with van der Waals surface area (Å²) in [6, 6.07) is 14.0. The number of hydrogen-bond acceptors (Lipinski definition) is 2. The van der Waals surface area contributed by atoms with E-state index in [2.05, 4.69) is 22.4 Å². The van der Waals surface area contributed by atoms with Crippen molar-refractivity contribution < 1.29 is 9.90 Å². The zero-order valence-corrected chi connectivity index (χ0v) is 12.7. The summed E-state index contributed by atoms with van der Waals surface area (Å²) in [7, 11) is 0. The minimum absolute atomic E-state index is 0.00562. The average Bonchev–Trinajstić information content (AvgIpc) is 2.85. The number of carbonyl (C=O) groups is 1. The molecule has 1 amide bonds. The van der Waals surface area contributed by atoms with Crippen molar-refractivity contribution in [3.8, 4) is 11.3 Å². The molecule has 1 aliphatic heterocycles. The average molecular weight is 306 g/mol. The lowest BCUT2D eigenvalue weighted by atomic mass is 9.99. The van der Waals surface area contributed by atoms with Gasteiger partial charge in [0.05, 0.1) is 0 Å². The van der Waals surface area contributed by atoms with E-state index >= 15 is 0 Å². The lowest BCUT2D eigenvalue weighted by Crippen LogP contribution is -2.23. The monoisotopic (exact) mass is 306 g/mol. The summed E-state index contributed by atoms with van der Waals surface area (Å²) in [5.41, 5.74) is 6.21. The van der Waals surface area contributed by atoms with Crippen molar-refractivity contribution in [3.05, 3.63) is 59.2 Å². The molecule has 0 saturated heterocycles. The van der Waals surface area contributed by atoms with Gasteiger partial charge < -0.3 is 15.4 Å². The fourth-order valence-electron chi connectivity index (χ4n) is 3.41. The van der Waals surface area contributed by atoms with E-state index in [1.54, 1.807) is 0 Å². The SMILES string of the molecule is O=C1NCCc2c(-c3cccc(CCO)c3)[nH]c3cccc1c23. The van der Waals surface area contributed by atoms with Crippen LogP contribution in [0.1, 0.15) is 21.5 Å². The molecule has 1 aliphatic rings. The van der Waals surface area contributed by atoms with Gasteiger partial charge in [0.1, 0.15) is 0 Å². The maximum Gasteiger partial charge on any atom is 0.251 e. The van der Waals surface area contributed by atoms with Gasteiger partial charge >= 0.3 is 0 Å². The molecule has 0 atom stereocenters. The van der Waals surface area contributed by atoms with Crippen LogP contribution in [-0.4, -0.2) is 29.1 Å². The molecule has 2 heterocycles. The first-order chi connectivity index (χ1) is 11.3. The summed E-state index contributed by atoms with van der Waals surface area (Å²) in [5.74, 6) is -0.00562. The van der Waals surface area contributed by atoms with Crippen molar-refractivity contribution in [2.75, 3.05) is 13.2 Å². The maximum atomic E-state index is 12.2. The molecule has 2 aromatic carbocycles. The van der Waals surface area contributed by atoms with Crippen LogP contribution in [0.25, 0.3) is 22.2 Å². The van der Waals surface area contributed by atoms with E-state index in [1.165, 1.54) is 5.56 Å². The number of H-pyrrole nitrogens is 1. The molecular formula is C19H18N2O2. The van der Waals surface area contributed by atoms with Gasteiger partial charge in [0.25, 0.3) is 5.91 Å². The van der Waals surface area contributed by atoms with Crippen LogP contribution < -0.4 is 5.32 Å². The van der Waals surface area contributed by atoms with E-state index in [0.717, 1.165) is 39.7 Å². The number of hydrogen-bond donors (Lipinski definition) is 3. The summed E-state index contributed by atoms with van der Waals surface area (Å²) in [4.78, 5) is 15.7. The molecule has 4 heteroatoms. The summed E-state index contributed by atoms with van der Waals surface area (Å²) in [5, 5.41) is 13.1. The molecule has 0 radical (unpaired) electrons. The van der Waals surface area contributed by atoms with Crippen LogP contribution >= 0.6 is 0 Å². The highest BCUT2D eigenvalue weighted by molar-refractivity contribution is 6.10. The second kappa shape index (κ2) is 5.56. The van der Waals surface area contributed by atoms with Crippen molar-refractivity contribution in [2.45, 2.75) is 12.8 Å². The van der Waals surface area contributed by atoms with Crippen LogP contribution in [0.15, 0.2) is 42.5 Å². The largest absolute Gasteiger partial charge is 0.396 e. The highest BCUT2D eigenvalue weighted by atomic mass is 16.2. The van der Waals surface area contributed by atoms with Gasteiger partial charge in [-0.3, -0.25) is 4.79 Å². The molecule has 4 rings (SSSR count). The van der Waals surface area contributed by atoms with Gasteiger partial charge in [0.2, 0.25) is 0 Å². The number of rotatable bonds is 3. The summed E-state index contributed by atoms with van der Waals surface area (Å²) in [6.45, 7) is 0.787. The van der Waals surface area contributed by atoms with E-state index in [-0.39, 0.29) is 12.5 Å². The fourth-order valence-corrected chi connectivity index (χ4v) is 3.41. The molecule has 0 spiro atoms. The Morgan fingerprint density at radius 2 is 2.00 bits per heavy atom. The third kappa shape index (κ3) is 2.32. The lowest BCUT2D eigenvalue weighted by molar-refractivity contribution is 0.0957. The summed E-state index contributed by atoms with van der Waals surface area (Å²) < 4.78 is 0. The molecule has 4 nitrogen and oxygen atoms in total. The van der Waals surface area contributed by atoms with E-state index in [9.17, 15) is 4.79 Å². The van der Waals surface area contributed by atoms with Gasteiger partial charge in [-0.1, -0.05) is 24.3 Å². The first kappa shape index (κ1) is 14.0. The van der Waals surface area contributed by atoms with Crippen LogP contribution in [0.5, 0.6) is 0 Å². The number of aliphatic hydroxyl groups is 1. The van der Waals surface area contributed by atoms with Crippen molar-refractivity contribution in [1.29, 1.82) is 0 Å². The Labute approximate surface area is 134 Å². The highest BCUT2D eigenvalue weighted by Gasteiger charge is 2.21. The van der Waals surface area contributed by atoms with Crippen LogP contribution in [0.4, 0.5) is 0 Å². The zero-order valence-electron chi connectivity index (χ0n) is 12.7. The van der Waals surface area contributed by atoms with Crippen molar-refractivity contribution in [1.82, 2.24) is 10.3 Å². The van der Waals surface area contributed by atoms with Gasteiger partial charge in [-0.15, -0.1) is 0 Å². The Kier molecular flexibility index (Phi) is 3.39. The second-order valence-corrected chi connectivity index (χ2v) is 5.89. The molecule has 23 heavy (non-hydrogen) atoms. The molecule has 3 aromatic rings. The molecule has 0 saturated carbocycles. The van der Waals surface area contributed by atoms with Gasteiger partial charge in [0.15, 0.2) is 0 Å². The van der Waals surface area contributed by atoms with Gasteiger partial charge in [-0.2, -0.15) is 0 Å². The summed E-state index contributed by atoms with van der Waals surface area (Å²) in [6.07, 6.45) is 1.46. The summed E-state index contributed by atoms with van der Waals surface area (Å²) >= 11 is 0. The third-order valence-corrected chi connectivity index (χ3v) is 4.45. The van der Waals surface area contributed by atoms with Gasteiger partial charge in [-0.05, 0) is 47.7 Å². The Morgan fingerprint density at radius 3 is 2.87 bits per heavy atom. The fraction of sp³-hybridized carbons (Fsp3) is 0.211. The van der Waals surface area contributed by atoms with Crippen molar-refractivity contribution >= 4 is 16.8 Å². The Hall–Kier alpha value is -2.59. The van der Waals surface area contributed by atoms with Crippen molar-refractivity contribution in [2.24, 2.45) is 0 Å². The van der Waals surface area contributed by atoms with Crippen LogP contribution in [-0.2, 0) is 12.8 Å². The minimum atomic E-state index is -0.00562. The number of amides is 1. The number of nitrogens with one attached hydrogen (secondary N) is 2. The van der Waals surface area contributed by atoms with Crippen LogP contribution in [0.2, 0.25) is 0 Å². The number of carbonyl (C=O) groups excluding carboxylic acids is 1. The number of aliphatic hydroxyl groups excluding tert-OH is 1. The zero-order chi connectivity index (χ0) is 15.8. The van der Waals surface area contributed by atoms with E-state index in [4.69, 9.17) is 5.11 Å². The van der Waals surface area contributed by atoms with Crippen LogP contribution in [0, 0.1) is 0 Å².